The summed E-state index contributed by atoms with van der Waals surface area (Å²) >= 11 is 0. The number of piperazine rings is 1. The molecular formula is C18H28N2. The highest BCUT2D eigenvalue weighted by molar-refractivity contribution is 5.27. The van der Waals surface area contributed by atoms with E-state index >= 15 is 0 Å². The average Bonchev–Trinajstić information content (AvgIpc) is 3.23. The van der Waals surface area contributed by atoms with Gasteiger partial charge in [0.25, 0.3) is 0 Å². The van der Waals surface area contributed by atoms with Gasteiger partial charge in [-0.3, -0.25) is 4.90 Å². The van der Waals surface area contributed by atoms with Gasteiger partial charge in [0.1, 0.15) is 0 Å². The van der Waals surface area contributed by atoms with Crippen LogP contribution in [0.15, 0.2) is 24.3 Å². The van der Waals surface area contributed by atoms with Gasteiger partial charge in [-0.05, 0) is 35.3 Å². The number of hydrogen-bond acceptors (Lipinski definition) is 2. The van der Waals surface area contributed by atoms with Crippen molar-refractivity contribution in [2.45, 2.75) is 51.6 Å². The SMILES string of the molecule is CC(C)(C)c1ccc(CN2CCNCC2C2CC2)cc1. The van der Waals surface area contributed by atoms with Gasteiger partial charge < -0.3 is 5.32 Å². The fourth-order valence-corrected chi connectivity index (χ4v) is 3.25. The summed E-state index contributed by atoms with van der Waals surface area (Å²) < 4.78 is 0. The molecule has 0 spiro atoms. The first-order chi connectivity index (χ1) is 9.54. The highest BCUT2D eigenvalue weighted by Gasteiger charge is 2.36. The largest absolute Gasteiger partial charge is 0.314 e. The molecule has 0 aromatic heterocycles. The predicted molar refractivity (Wildman–Crippen MR) is 84.9 cm³/mol. The molecule has 110 valence electrons. The van der Waals surface area contributed by atoms with Crippen molar-refractivity contribution < 1.29 is 0 Å². The minimum absolute atomic E-state index is 0.254. The lowest BCUT2D eigenvalue weighted by molar-refractivity contribution is 0.135. The second kappa shape index (κ2) is 5.50. The molecule has 2 aliphatic rings. The van der Waals surface area contributed by atoms with Crippen LogP contribution in [-0.4, -0.2) is 30.6 Å². The van der Waals surface area contributed by atoms with Crippen LogP contribution >= 0.6 is 0 Å². The lowest BCUT2D eigenvalue weighted by Gasteiger charge is -2.36. The third-order valence-corrected chi connectivity index (χ3v) is 4.77. The highest BCUT2D eigenvalue weighted by atomic mass is 15.2. The second-order valence-corrected chi connectivity index (χ2v) is 7.53. The summed E-state index contributed by atoms with van der Waals surface area (Å²) in [5.41, 5.74) is 3.15. The van der Waals surface area contributed by atoms with Crippen molar-refractivity contribution in [1.29, 1.82) is 0 Å². The Hall–Kier alpha value is -0.860. The molecule has 1 atom stereocenters. The average molecular weight is 272 g/mol. The van der Waals surface area contributed by atoms with E-state index in [0.29, 0.717) is 0 Å². The van der Waals surface area contributed by atoms with E-state index in [1.807, 2.05) is 0 Å². The van der Waals surface area contributed by atoms with Crippen LogP contribution in [0, 0.1) is 5.92 Å². The number of benzene rings is 1. The first-order valence-corrected chi connectivity index (χ1v) is 8.08. The number of nitrogens with zero attached hydrogens (tertiary/aromatic N) is 1. The monoisotopic (exact) mass is 272 g/mol. The fourth-order valence-electron chi connectivity index (χ4n) is 3.25. The van der Waals surface area contributed by atoms with Gasteiger partial charge in [0.15, 0.2) is 0 Å². The summed E-state index contributed by atoms with van der Waals surface area (Å²) in [7, 11) is 0. The molecule has 0 amide bonds. The van der Waals surface area contributed by atoms with Crippen LogP contribution in [0.25, 0.3) is 0 Å². The van der Waals surface area contributed by atoms with Crippen LogP contribution in [0.2, 0.25) is 0 Å². The lowest BCUT2D eigenvalue weighted by atomic mass is 9.86. The molecule has 1 saturated heterocycles. The summed E-state index contributed by atoms with van der Waals surface area (Å²) in [6.45, 7) is 11.5. The molecule has 0 bridgehead atoms. The summed E-state index contributed by atoms with van der Waals surface area (Å²) in [5, 5.41) is 3.56. The normalized spacial score (nSPS) is 24.9. The van der Waals surface area contributed by atoms with Gasteiger partial charge in [0.05, 0.1) is 0 Å². The van der Waals surface area contributed by atoms with Crippen molar-refractivity contribution in [2.75, 3.05) is 19.6 Å². The lowest BCUT2D eigenvalue weighted by Crippen LogP contribution is -2.51. The first kappa shape index (κ1) is 14.1. The van der Waals surface area contributed by atoms with E-state index in [1.165, 1.54) is 37.1 Å². The van der Waals surface area contributed by atoms with E-state index in [4.69, 9.17) is 0 Å². The molecule has 1 unspecified atom stereocenters. The molecule has 20 heavy (non-hydrogen) atoms. The third kappa shape index (κ3) is 3.24. The highest BCUT2D eigenvalue weighted by Crippen LogP contribution is 2.36. The predicted octanol–water partition coefficient (Wildman–Crippen LogP) is 3.17. The fraction of sp³-hybridized carbons (Fsp3) is 0.667. The molecule has 3 rings (SSSR count). The molecule has 1 heterocycles. The van der Waals surface area contributed by atoms with Crippen LogP contribution in [0.1, 0.15) is 44.7 Å². The minimum Gasteiger partial charge on any atom is -0.314 e. The summed E-state index contributed by atoms with van der Waals surface area (Å²) in [5.74, 6) is 0.955. The first-order valence-electron chi connectivity index (χ1n) is 8.08. The number of hydrogen-bond donors (Lipinski definition) is 1. The Balaban J connectivity index is 1.67. The Morgan fingerprint density at radius 3 is 2.45 bits per heavy atom. The topological polar surface area (TPSA) is 15.3 Å². The maximum atomic E-state index is 3.56. The van der Waals surface area contributed by atoms with Crippen molar-refractivity contribution in [3.8, 4) is 0 Å². The van der Waals surface area contributed by atoms with E-state index < -0.39 is 0 Å². The van der Waals surface area contributed by atoms with Crippen LogP contribution < -0.4 is 5.32 Å². The Labute approximate surface area is 123 Å². The second-order valence-electron chi connectivity index (χ2n) is 7.53. The van der Waals surface area contributed by atoms with Gasteiger partial charge in [-0.25, -0.2) is 0 Å². The minimum atomic E-state index is 0.254. The van der Waals surface area contributed by atoms with Crippen LogP contribution in [0.3, 0.4) is 0 Å². The number of rotatable bonds is 3. The third-order valence-electron chi connectivity index (χ3n) is 4.77. The van der Waals surface area contributed by atoms with Crippen LogP contribution in [0.4, 0.5) is 0 Å². The molecule has 2 nitrogen and oxygen atoms in total. The summed E-state index contributed by atoms with van der Waals surface area (Å²) in [6, 6.07) is 10.0. The zero-order valence-corrected chi connectivity index (χ0v) is 13.2. The van der Waals surface area contributed by atoms with E-state index in [0.717, 1.165) is 25.0 Å². The van der Waals surface area contributed by atoms with Gasteiger partial charge >= 0.3 is 0 Å². The van der Waals surface area contributed by atoms with E-state index in [-0.39, 0.29) is 5.41 Å². The van der Waals surface area contributed by atoms with Crippen molar-refractivity contribution in [1.82, 2.24) is 10.2 Å². The van der Waals surface area contributed by atoms with Crippen molar-refractivity contribution in [2.24, 2.45) is 5.92 Å². The Kier molecular flexibility index (Phi) is 3.87. The molecule has 1 aliphatic carbocycles. The molecule has 0 radical (unpaired) electrons. The summed E-state index contributed by atoms with van der Waals surface area (Å²) in [6.07, 6.45) is 2.87. The number of nitrogens with one attached hydrogen (secondary N) is 1. The van der Waals surface area contributed by atoms with Crippen LogP contribution in [0.5, 0.6) is 0 Å². The van der Waals surface area contributed by atoms with E-state index in [9.17, 15) is 0 Å². The van der Waals surface area contributed by atoms with Crippen molar-refractivity contribution >= 4 is 0 Å². The zero-order valence-electron chi connectivity index (χ0n) is 13.2. The summed E-state index contributed by atoms with van der Waals surface area (Å²) in [4.78, 5) is 2.69. The van der Waals surface area contributed by atoms with Crippen molar-refractivity contribution in [3.63, 3.8) is 0 Å². The quantitative estimate of drug-likeness (QED) is 0.909. The molecule has 2 fully saturated rings. The van der Waals surface area contributed by atoms with Gasteiger partial charge in [0.2, 0.25) is 0 Å². The Morgan fingerprint density at radius 1 is 1.15 bits per heavy atom. The molecule has 1 saturated carbocycles. The van der Waals surface area contributed by atoms with Crippen LogP contribution in [-0.2, 0) is 12.0 Å². The smallest absolute Gasteiger partial charge is 0.0252 e. The zero-order chi connectivity index (χ0) is 14.2. The Bertz CT molecular complexity index is 439. The van der Waals surface area contributed by atoms with E-state index in [2.05, 4.69) is 55.3 Å². The molecule has 1 N–H and O–H groups in total. The Morgan fingerprint density at radius 2 is 1.85 bits per heavy atom. The standard InChI is InChI=1S/C18H28N2/c1-18(2,3)16-8-4-14(5-9-16)13-20-11-10-19-12-17(20)15-6-7-15/h4-5,8-9,15,17,19H,6-7,10-13H2,1-3H3. The molecular weight excluding hydrogens is 244 g/mol. The van der Waals surface area contributed by atoms with Gasteiger partial charge in [0, 0.05) is 32.2 Å². The van der Waals surface area contributed by atoms with Gasteiger partial charge in [-0.1, -0.05) is 45.0 Å². The molecule has 1 aliphatic heterocycles. The molecule has 1 aromatic rings. The molecule has 1 aromatic carbocycles. The molecule has 2 heteroatoms. The van der Waals surface area contributed by atoms with Gasteiger partial charge in [-0.2, -0.15) is 0 Å². The van der Waals surface area contributed by atoms with E-state index in [1.54, 1.807) is 0 Å². The maximum Gasteiger partial charge on any atom is 0.0252 e. The van der Waals surface area contributed by atoms with Gasteiger partial charge in [-0.15, -0.1) is 0 Å². The van der Waals surface area contributed by atoms with Crippen molar-refractivity contribution in [3.05, 3.63) is 35.4 Å². The maximum absolute atomic E-state index is 3.56.